The Morgan fingerprint density at radius 2 is 2.03 bits per heavy atom. The lowest BCUT2D eigenvalue weighted by molar-refractivity contribution is 0.226. The fourth-order valence-electron chi connectivity index (χ4n) is 4.07. The maximum absolute atomic E-state index is 12.6. The molecular weight excluding hydrogens is 400 g/mol. The number of hydrogen-bond acceptors (Lipinski definition) is 5. The number of nitrogens with zero attached hydrogens (tertiary/aromatic N) is 2. The number of rotatable bonds is 4. The maximum atomic E-state index is 12.6. The number of halogens is 1. The first-order chi connectivity index (χ1) is 14.6. The van der Waals surface area contributed by atoms with Gasteiger partial charge in [-0.05, 0) is 69.2 Å². The number of H-pyrrole nitrogens is 1. The molecule has 0 bridgehead atoms. The summed E-state index contributed by atoms with van der Waals surface area (Å²) < 4.78 is 5.67. The van der Waals surface area contributed by atoms with Crippen molar-refractivity contribution in [3.63, 3.8) is 0 Å². The van der Waals surface area contributed by atoms with E-state index in [0.29, 0.717) is 33.4 Å². The smallest absolute Gasteiger partial charge is 0.294 e. The lowest BCUT2D eigenvalue weighted by Crippen LogP contribution is -2.32. The van der Waals surface area contributed by atoms with Crippen molar-refractivity contribution in [2.45, 2.75) is 12.8 Å². The van der Waals surface area contributed by atoms with Gasteiger partial charge in [-0.15, -0.1) is 0 Å². The van der Waals surface area contributed by atoms with Gasteiger partial charge in [-0.2, -0.15) is 0 Å². The minimum absolute atomic E-state index is 0.229. The Morgan fingerprint density at radius 1 is 1.23 bits per heavy atom. The van der Waals surface area contributed by atoms with Gasteiger partial charge in [0.25, 0.3) is 5.56 Å². The van der Waals surface area contributed by atoms with Crippen LogP contribution in [0.1, 0.15) is 12.8 Å². The summed E-state index contributed by atoms with van der Waals surface area (Å²) in [6.07, 6.45) is 2.41. The van der Waals surface area contributed by atoms with E-state index < -0.39 is 0 Å². The summed E-state index contributed by atoms with van der Waals surface area (Å²) in [4.78, 5) is 22.4. The van der Waals surface area contributed by atoms with E-state index in [0.717, 1.165) is 30.7 Å². The molecule has 0 radical (unpaired) electrons. The van der Waals surface area contributed by atoms with Crippen LogP contribution in [0.2, 0.25) is 5.02 Å². The largest absolute Gasteiger partial charge is 0.449 e. The Balaban J connectivity index is 1.42. The Kier molecular flexibility index (Phi) is 4.97. The monoisotopic (exact) mass is 422 g/mol. The third-order valence-corrected chi connectivity index (χ3v) is 6.20. The highest BCUT2D eigenvalue weighted by atomic mass is 35.5. The lowest BCUT2D eigenvalue weighted by atomic mass is 9.97. The van der Waals surface area contributed by atoms with Crippen molar-refractivity contribution in [3.8, 4) is 11.4 Å². The van der Waals surface area contributed by atoms with Crippen molar-refractivity contribution >= 4 is 39.4 Å². The number of benzene rings is 2. The molecule has 0 atom stereocenters. The van der Waals surface area contributed by atoms with Crippen LogP contribution in [-0.2, 0) is 0 Å². The Morgan fingerprint density at radius 3 is 2.83 bits per heavy atom. The highest BCUT2D eigenvalue weighted by Gasteiger charge is 2.17. The van der Waals surface area contributed by atoms with E-state index in [2.05, 4.69) is 27.2 Å². The normalized spacial score (nSPS) is 15.8. The fraction of sp³-hybridized carbons (Fsp3) is 0.304. The minimum Gasteiger partial charge on any atom is -0.449 e. The number of para-hydroxylation sites is 1. The van der Waals surface area contributed by atoms with Gasteiger partial charge in [0.05, 0.1) is 5.02 Å². The first kappa shape index (κ1) is 19.2. The van der Waals surface area contributed by atoms with E-state index in [1.54, 1.807) is 0 Å². The summed E-state index contributed by atoms with van der Waals surface area (Å²) in [5.74, 6) is 1.11. The number of nitrogens with one attached hydrogen (secondary N) is 2. The number of fused-ring (bicyclic) bond motifs is 3. The van der Waals surface area contributed by atoms with Crippen LogP contribution in [0.4, 0.5) is 5.69 Å². The molecule has 0 aliphatic carbocycles. The molecule has 0 amide bonds. The second-order valence-electron chi connectivity index (χ2n) is 8.01. The molecule has 5 rings (SSSR count). The average Bonchev–Trinajstić information content (AvgIpc) is 3.13. The molecule has 3 heterocycles. The standard InChI is InChI=1S/C23H23ClN4O2/c1-28-10-8-14(9-11-28)13-25-15-6-7-16(18(24)12-15)22-26-20-17-4-2-3-5-19(17)30-21(20)23(29)27-22/h2-7,12,14,25H,8-11,13H2,1H3,(H,26,27,29). The molecule has 0 saturated carbocycles. The topological polar surface area (TPSA) is 74.2 Å². The van der Waals surface area contributed by atoms with Crippen LogP contribution < -0.4 is 10.9 Å². The van der Waals surface area contributed by atoms with E-state index >= 15 is 0 Å². The molecule has 1 aliphatic heterocycles. The number of aromatic nitrogens is 2. The first-order valence-corrected chi connectivity index (χ1v) is 10.6. The first-order valence-electron chi connectivity index (χ1n) is 10.2. The lowest BCUT2D eigenvalue weighted by Gasteiger charge is -2.29. The summed E-state index contributed by atoms with van der Waals surface area (Å²) in [7, 11) is 2.17. The summed E-state index contributed by atoms with van der Waals surface area (Å²) in [5, 5.41) is 4.85. The zero-order valence-electron chi connectivity index (χ0n) is 16.7. The second-order valence-corrected chi connectivity index (χ2v) is 8.42. The van der Waals surface area contributed by atoms with Gasteiger partial charge < -0.3 is 19.6 Å². The molecule has 1 fully saturated rings. The number of aromatic amines is 1. The Bertz CT molecular complexity index is 1270. The Labute approximate surface area is 178 Å². The van der Waals surface area contributed by atoms with Crippen molar-refractivity contribution in [1.29, 1.82) is 0 Å². The third kappa shape index (κ3) is 3.57. The van der Waals surface area contributed by atoms with Crippen molar-refractivity contribution in [3.05, 3.63) is 57.8 Å². The number of likely N-dealkylation sites (tertiary alicyclic amines) is 1. The van der Waals surface area contributed by atoms with Crippen LogP contribution in [0, 0.1) is 5.92 Å². The van der Waals surface area contributed by atoms with Gasteiger partial charge in [-0.1, -0.05) is 23.7 Å². The van der Waals surface area contributed by atoms with Gasteiger partial charge in [0, 0.05) is 23.2 Å². The number of piperidine rings is 1. The zero-order valence-corrected chi connectivity index (χ0v) is 17.5. The highest BCUT2D eigenvalue weighted by Crippen LogP contribution is 2.31. The quantitative estimate of drug-likeness (QED) is 0.496. The molecule has 2 N–H and O–H groups in total. The van der Waals surface area contributed by atoms with E-state index in [9.17, 15) is 4.79 Å². The molecule has 6 nitrogen and oxygen atoms in total. The predicted octanol–water partition coefficient (Wildman–Crippen LogP) is 4.74. The maximum Gasteiger partial charge on any atom is 0.294 e. The second kappa shape index (κ2) is 7.78. The molecule has 1 saturated heterocycles. The van der Waals surface area contributed by atoms with Crippen LogP contribution in [0.15, 0.2) is 51.7 Å². The van der Waals surface area contributed by atoms with Crippen LogP contribution >= 0.6 is 11.6 Å². The van der Waals surface area contributed by atoms with Gasteiger partial charge in [0.1, 0.15) is 16.9 Å². The van der Waals surface area contributed by atoms with Gasteiger partial charge in [-0.25, -0.2) is 4.98 Å². The van der Waals surface area contributed by atoms with Gasteiger partial charge in [0.2, 0.25) is 5.58 Å². The van der Waals surface area contributed by atoms with E-state index in [1.165, 1.54) is 12.8 Å². The van der Waals surface area contributed by atoms with Crippen molar-refractivity contribution in [1.82, 2.24) is 14.9 Å². The Hall–Kier alpha value is -2.83. The summed E-state index contributed by atoms with van der Waals surface area (Å²) in [5.41, 5.74) is 2.76. The third-order valence-electron chi connectivity index (χ3n) is 5.89. The fourth-order valence-corrected chi connectivity index (χ4v) is 4.34. The molecule has 1 aliphatic rings. The van der Waals surface area contributed by atoms with Crippen LogP contribution in [-0.4, -0.2) is 41.5 Å². The van der Waals surface area contributed by atoms with E-state index in [4.69, 9.17) is 16.0 Å². The van der Waals surface area contributed by atoms with Gasteiger partial charge in [-0.3, -0.25) is 4.79 Å². The van der Waals surface area contributed by atoms with Gasteiger partial charge >= 0.3 is 0 Å². The van der Waals surface area contributed by atoms with E-state index in [1.807, 2.05) is 42.5 Å². The number of anilines is 1. The predicted molar refractivity (Wildman–Crippen MR) is 121 cm³/mol. The molecule has 7 heteroatoms. The summed E-state index contributed by atoms with van der Waals surface area (Å²) >= 11 is 6.57. The minimum atomic E-state index is -0.313. The van der Waals surface area contributed by atoms with Crippen LogP contribution in [0.3, 0.4) is 0 Å². The molecule has 0 unspecified atom stereocenters. The molecular formula is C23H23ClN4O2. The zero-order chi connectivity index (χ0) is 20.7. The van der Waals surface area contributed by atoms with Crippen molar-refractivity contribution < 1.29 is 4.42 Å². The number of furan rings is 1. The van der Waals surface area contributed by atoms with Crippen LogP contribution in [0.5, 0.6) is 0 Å². The van der Waals surface area contributed by atoms with Crippen LogP contribution in [0.25, 0.3) is 33.5 Å². The molecule has 154 valence electrons. The van der Waals surface area contributed by atoms with Crippen molar-refractivity contribution in [2.75, 3.05) is 32.0 Å². The van der Waals surface area contributed by atoms with Gasteiger partial charge in [0.15, 0.2) is 0 Å². The average molecular weight is 423 g/mol. The molecule has 30 heavy (non-hydrogen) atoms. The number of hydrogen-bond donors (Lipinski definition) is 2. The van der Waals surface area contributed by atoms with E-state index in [-0.39, 0.29) is 11.1 Å². The molecule has 2 aromatic carbocycles. The summed E-state index contributed by atoms with van der Waals surface area (Å²) in [6.45, 7) is 3.23. The summed E-state index contributed by atoms with van der Waals surface area (Å²) in [6, 6.07) is 13.3. The molecule has 2 aromatic heterocycles. The highest BCUT2D eigenvalue weighted by molar-refractivity contribution is 6.33. The SMILES string of the molecule is CN1CCC(CNc2ccc(-c3nc4c(oc5ccccc54)c(=O)[nH]3)c(Cl)c2)CC1. The molecule has 0 spiro atoms. The van der Waals surface area contributed by atoms with Crippen molar-refractivity contribution in [2.24, 2.45) is 5.92 Å². The molecule has 4 aromatic rings.